The van der Waals surface area contributed by atoms with Crippen LogP contribution in [0, 0.1) is 5.92 Å². The van der Waals surface area contributed by atoms with Crippen LogP contribution in [0.25, 0.3) is 0 Å². The van der Waals surface area contributed by atoms with Gasteiger partial charge in [0.25, 0.3) is 0 Å². The molecule has 6 heteroatoms. The molecule has 0 unspecified atom stereocenters. The molecule has 1 amide bonds. The molecule has 22 heavy (non-hydrogen) atoms. The predicted molar refractivity (Wildman–Crippen MR) is 90.0 cm³/mol. The predicted octanol–water partition coefficient (Wildman–Crippen LogP) is 1.23. The van der Waals surface area contributed by atoms with Crippen LogP contribution < -0.4 is 10.6 Å². The van der Waals surface area contributed by atoms with Gasteiger partial charge in [-0.1, -0.05) is 13.3 Å². The van der Waals surface area contributed by atoms with Gasteiger partial charge in [-0.25, -0.2) is 4.99 Å². The standard InChI is InChI=1S/C16H32N4O2/c1-5-13-6-8-14(9-7-13)19-16(17-10-11-22-4)18-12-15(21)20(2)3/h13-14H,5-12H2,1-4H3,(H2,17,18,19). The molecule has 128 valence electrons. The van der Waals surface area contributed by atoms with Crippen LogP contribution in [-0.4, -0.2) is 63.7 Å². The number of likely N-dealkylation sites (N-methyl/N-ethyl adjacent to an activating group) is 1. The van der Waals surface area contributed by atoms with E-state index in [4.69, 9.17) is 4.74 Å². The average molecular weight is 312 g/mol. The van der Waals surface area contributed by atoms with E-state index in [2.05, 4.69) is 22.5 Å². The highest BCUT2D eigenvalue weighted by Crippen LogP contribution is 2.26. The lowest BCUT2D eigenvalue weighted by atomic mass is 9.84. The Morgan fingerprint density at radius 3 is 2.50 bits per heavy atom. The summed E-state index contributed by atoms with van der Waals surface area (Å²) in [5, 5.41) is 6.70. The second-order valence-corrected chi connectivity index (χ2v) is 6.14. The van der Waals surface area contributed by atoms with Crippen molar-refractivity contribution in [2.75, 3.05) is 40.9 Å². The fraction of sp³-hybridized carbons (Fsp3) is 0.875. The molecule has 0 aromatic rings. The fourth-order valence-corrected chi connectivity index (χ4v) is 2.62. The first kappa shape index (κ1) is 18.7. The minimum atomic E-state index is 0.00235. The van der Waals surface area contributed by atoms with E-state index in [1.165, 1.54) is 32.1 Å². The summed E-state index contributed by atoms with van der Waals surface area (Å²) in [5.41, 5.74) is 0. The van der Waals surface area contributed by atoms with Gasteiger partial charge in [-0.15, -0.1) is 0 Å². The molecule has 0 aromatic carbocycles. The quantitative estimate of drug-likeness (QED) is 0.421. The lowest BCUT2D eigenvalue weighted by Crippen LogP contribution is -2.46. The SMILES string of the molecule is CCC1CCC(NC(=NCC(=O)N(C)C)NCCOC)CC1. The van der Waals surface area contributed by atoms with Crippen molar-refractivity contribution in [1.82, 2.24) is 15.5 Å². The summed E-state index contributed by atoms with van der Waals surface area (Å²) in [6, 6.07) is 0.450. The molecule has 0 atom stereocenters. The van der Waals surface area contributed by atoms with Crippen LogP contribution in [0.15, 0.2) is 4.99 Å². The Labute approximate surface area is 134 Å². The maximum Gasteiger partial charge on any atom is 0.243 e. The number of ether oxygens (including phenoxy) is 1. The molecule has 1 fully saturated rings. The molecule has 0 spiro atoms. The number of rotatable bonds is 7. The highest BCUT2D eigenvalue weighted by Gasteiger charge is 2.20. The summed E-state index contributed by atoms with van der Waals surface area (Å²) in [6.45, 7) is 3.73. The number of aliphatic imine (C=N–C) groups is 1. The molecule has 0 saturated heterocycles. The monoisotopic (exact) mass is 312 g/mol. The Bertz CT molecular complexity index is 350. The molecule has 0 radical (unpaired) electrons. The molecule has 1 aliphatic carbocycles. The summed E-state index contributed by atoms with van der Waals surface area (Å²) < 4.78 is 5.05. The molecule has 6 nitrogen and oxygen atoms in total. The van der Waals surface area contributed by atoms with Crippen molar-refractivity contribution in [3.8, 4) is 0 Å². The van der Waals surface area contributed by atoms with Crippen molar-refractivity contribution in [3.63, 3.8) is 0 Å². The first-order valence-electron chi connectivity index (χ1n) is 8.30. The van der Waals surface area contributed by atoms with E-state index in [0.29, 0.717) is 25.2 Å². The van der Waals surface area contributed by atoms with Gasteiger partial charge in [0, 0.05) is 33.8 Å². The normalized spacial score (nSPS) is 22.3. The Hall–Kier alpha value is -1.30. The zero-order valence-corrected chi connectivity index (χ0v) is 14.5. The van der Waals surface area contributed by atoms with E-state index in [1.54, 1.807) is 26.1 Å². The van der Waals surface area contributed by atoms with Crippen LogP contribution in [0.5, 0.6) is 0 Å². The number of methoxy groups -OCH3 is 1. The van der Waals surface area contributed by atoms with E-state index >= 15 is 0 Å². The third kappa shape index (κ3) is 7.11. The van der Waals surface area contributed by atoms with Crippen molar-refractivity contribution in [1.29, 1.82) is 0 Å². The molecule has 0 aliphatic heterocycles. The molecule has 2 N–H and O–H groups in total. The van der Waals surface area contributed by atoms with E-state index in [9.17, 15) is 4.79 Å². The second-order valence-electron chi connectivity index (χ2n) is 6.14. The highest BCUT2D eigenvalue weighted by atomic mass is 16.5. The minimum absolute atomic E-state index is 0.00235. The lowest BCUT2D eigenvalue weighted by molar-refractivity contribution is -0.127. The summed E-state index contributed by atoms with van der Waals surface area (Å²) in [7, 11) is 5.16. The van der Waals surface area contributed by atoms with Gasteiger partial charge >= 0.3 is 0 Å². The van der Waals surface area contributed by atoms with Crippen molar-refractivity contribution >= 4 is 11.9 Å². The van der Waals surface area contributed by atoms with E-state index in [1.807, 2.05) is 0 Å². The van der Waals surface area contributed by atoms with Crippen molar-refractivity contribution < 1.29 is 9.53 Å². The van der Waals surface area contributed by atoms with Gasteiger partial charge in [0.15, 0.2) is 5.96 Å². The largest absolute Gasteiger partial charge is 0.383 e. The number of carbonyl (C=O) groups is 1. The number of carbonyl (C=O) groups excluding carboxylic acids is 1. The van der Waals surface area contributed by atoms with Crippen molar-refractivity contribution in [2.45, 2.75) is 45.1 Å². The van der Waals surface area contributed by atoms with Crippen LogP contribution in [0.3, 0.4) is 0 Å². The fourth-order valence-electron chi connectivity index (χ4n) is 2.62. The van der Waals surface area contributed by atoms with Gasteiger partial charge in [0.1, 0.15) is 6.54 Å². The van der Waals surface area contributed by atoms with Crippen LogP contribution in [0.4, 0.5) is 0 Å². The molecular weight excluding hydrogens is 280 g/mol. The number of amides is 1. The molecule has 0 heterocycles. The van der Waals surface area contributed by atoms with E-state index in [-0.39, 0.29) is 12.5 Å². The van der Waals surface area contributed by atoms with Crippen molar-refractivity contribution in [3.05, 3.63) is 0 Å². The van der Waals surface area contributed by atoms with Gasteiger partial charge < -0.3 is 20.3 Å². The zero-order valence-electron chi connectivity index (χ0n) is 14.5. The van der Waals surface area contributed by atoms with Gasteiger partial charge in [0.05, 0.1) is 6.61 Å². The molecule has 0 aromatic heterocycles. The first-order chi connectivity index (χ1) is 10.6. The smallest absolute Gasteiger partial charge is 0.243 e. The van der Waals surface area contributed by atoms with E-state index in [0.717, 1.165) is 5.92 Å². The molecule has 1 saturated carbocycles. The van der Waals surface area contributed by atoms with Crippen LogP contribution in [0.2, 0.25) is 0 Å². The van der Waals surface area contributed by atoms with Gasteiger partial charge in [0.2, 0.25) is 5.91 Å². The Balaban J connectivity index is 2.50. The van der Waals surface area contributed by atoms with Crippen LogP contribution >= 0.6 is 0 Å². The number of hydrogen-bond acceptors (Lipinski definition) is 3. The summed E-state index contributed by atoms with van der Waals surface area (Å²) in [5.74, 6) is 1.59. The maximum absolute atomic E-state index is 11.7. The zero-order chi connectivity index (χ0) is 16.4. The molecule has 1 aliphatic rings. The number of guanidine groups is 1. The molecule has 0 bridgehead atoms. The van der Waals surface area contributed by atoms with Crippen molar-refractivity contribution in [2.24, 2.45) is 10.9 Å². The third-order valence-corrected chi connectivity index (χ3v) is 4.23. The van der Waals surface area contributed by atoms with Gasteiger partial charge in [-0.05, 0) is 31.6 Å². The Morgan fingerprint density at radius 1 is 1.27 bits per heavy atom. The van der Waals surface area contributed by atoms with Crippen LogP contribution in [-0.2, 0) is 9.53 Å². The Kier molecular flexibility index (Phi) is 8.89. The third-order valence-electron chi connectivity index (χ3n) is 4.23. The first-order valence-corrected chi connectivity index (χ1v) is 8.30. The molecular formula is C16H32N4O2. The maximum atomic E-state index is 11.7. The minimum Gasteiger partial charge on any atom is -0.383 e. The lowest BCUT2D eigenvalue weighted by Gasteiger charge is -2.29. The Morgan fingerprint density at radius 2 is 1.95 bits per heavy atom. The van der Waals surface area contributed by atoms with E-state index < -0.39 is 0 Å². The topological polar surface area (TPSA) is 66.0 Å². The molecule has 1 rings (SSSR count). The number of nitrogens with one attached hydrogen (secondary N) is 2. The number of nitrogens with zero attached hydrogens (tertiary/aromatic N) is 2. The highest BCUT2D eigenvalue weighted by molar-refractivity contribution is 5.84. The summed E-state index contributed by atoms with van der Waals surface area (Å²) >= 11 is 0. The van der Waals surface area contributed by atoms with Gasteiger partial charge in [-0.3, -0.25) is 4.79 Å². The number of hydrogen-bond donors (Lipinski definition) is 2. The summed E-state index contributed by atoms with van der Waals surface area (Å²) in [4.78, 5) is 17.6. The summed E-state index contributed by atoms with van der Waals surface area (Å²) in [6.07, 6.45) is 6.17. The second kappa shape index (κ2) is 10.4. The average Bonchev–Trinajstić information content (AvgIpc) is 2.52. The van der Waals surface area contributed by atoms with Crippen LogP contribution in [0.1, 0.15) is 39.0 Å². The van der Waals surface area contributed by atoms with Gasteiger partial charge in [-0.2, -0.15) is 0 Å².